The van der Waals surface area contributed by atoms with Gasteiger partial charge in [0.1, 0.15) is 18.1 Å². The fourth-order valence-corrected chi connectivity index (χ4v) is 4.46. The number of rotatable bonds is 7. The Hall–Kier alpha value is -4.71. The van der Waals surface area contributed by atoms with Crippen LogP contribution in [0.1, 0.15) is 33.9 Å². The number of amides is 1. The number of pyridine rings is 1. The largest absolute Gasteiger partial charge is 0.507 e. The minimum atomic E-state index is -0.783. The molecule has 2 heterocycles. The zero-order valence-electron chi connectivity index (χ0n) is 20.4. The van der Waals surface area contributed by atoms with Gasteiger partial charge in [-0.25, -0.2) is 0 Å². The molecule has 1 saturated heterocycles. The van der Waals surface area contributed by atoms with E-state index in [1.807, 2.05) is 73.7 Å². The van der Waals surface area contributed by atoms with Crippen LogP contribution >= 0.6 is 0 Å². The van der Waals surface area contributed by atoms with Crippen LogP contribution in [-0.4, -0.2) is 26.7 Å². The molecule has 37 heavy (non-hydrogen) atoms. The van der Waals surface area contributed by atoms with Crippen LogP contribution < -0.4 is 4.74 Å². The highest BCUT2D eigenvalue weighted by atomic mass is 16.5. The Labute approximate surface area is 215 Å². The maximum atomic E-state index is 13.3. The van der Waals surface area contributed by atoms with Gasteiger partial charge >= 0.3 is 0 Å². The lowest BCUT2D eigenvalue weighted by Crippen LogP contribution is -2.29. The minimum absolute atomic E-state index is 0.0584. The highest BCUT2D eigenvalue weighted by Crippen LogP contribution is 2.41. The molecule has 5 rings (SSSR count). The highest BCUT2D eigenvalue weighted by Gasteiger charge is 2.46. The molecule has 1 unspecified atom stereocenters. The summed E-state index contributed by atoms with van der Waals surface area (Å²) in [4.78, 5) is 32.1. The summed E-state index contributed by atoms with van der Waals surface area (Å²) < 4.78 is 6.02. The number of hydrogen-bond acceptors (Lipinski definition) is 5. The van der Waals surface area contributed by atoms with Gasteiger partial charge in [-0.05, 0) is 47.9 Å². The van der Waals surface area contributed by atoms with Crippen molar-refractivity contribution >= 4 is 17.4 Å². The summed E-state index contributed by atoms with van der Waals surface area (Å²) in [5, 5.41) is 11.3. The number of ether oxygens (including phenoxy) is 1. The normalized spacial score (nSPS) is 16.7. The topological polar surface area (TPSA) is 79.7 Å². The number of nitrogens with zero attached hydrogens (tertiary/aromatic N) is 2. The van der Waals surface area contributed by atoms with E-state index in [4.69, 9.17) is 4.74 Å². The Morgan fingerprint density at radius 2 is 1.62 bits per heavy atom. The van der Waals surface area contributed by atoms with Gasteiger partial charge in [-0.1, -0.05) is 72.3 Å². The third kappa shape index (κ3) is 5.14. The average Bonchev–Trinajstić information content (AvgIpc) is 3.18. The number of aromatic nitrogens is 1. The maximum Gasteiger partial charge on any atom is 0.295 e. The number of aryl methyl sites for hydroxylation is 1. The second-order valence-corrected chi connectivity index (χ2v) is 9.00. The van der Waals surface area contributed by atoms with Crippen molar-refractivity contribution in [1.29, 1.82) is 0 Å². The van der Waals surface area contributed by atoms with E-state index in [-0.39, 0.29) is 17.9 Å². The molecule has 3 aromatic carbocycles. The number of aliphatic hydroxyl groups is 1. The first-order chi connectivity index (χ1) is 18.0. The number of carbonyl (C=O) groups is 2. The monoisotopic (exact) mass is 490 g/mol. The van der Waals surface area contributed by atoms with E-state index in [1.165, 1.54) is 4.90 Å². The molecule has 0 bridgehead atoms. The highest BCUT2D eigenvalue weighted by molar-refractivity contribution is 6.46. The molecule has 1 N–H and O–H groups in total. The molecule has 1 fully saturated rings. The van der Waals surface area contributed by atoms with E-state index in [0.717, 1.165) is 16.7 Å². The Bertz CT molecular complexity index is 1450. The van der Waals surface area contributed by atoms with Crippen molar-refractivity contribution in [1.82, 2.24) is 9.88 Å². The van der Waals surface area contributed by atoms with Crippen LogP contribution in [0.25, 0.3) is 5.76 Å². The van der Waals surface area contributed by atoms with E-state index in [0.29, 0.717) is 23.5 Å². The van der Waals surface area contributed by atoms with Crippen LogP contribution in [0.15, 0.2) is 109 Å². The lowest BCUT2D eigenvalue weighted by Gasteiger charge is -2.26. The summed E-state index contributed by atoms with van der Waals surface area (Å²) in [6.45, 7) is 2.51. The first kappa shape index (κ1) is 24.0. The molecule has 1 atom stereocenters. The van der Waals surface area contributed by atoms with Crippen molar-refractivity contribution in [2.75, 3.05) is 0 Å². The van der Waals surface area contributed by atoms with Crippen LogP contribution in [-0.2, 0) is 22.7 Å². The molecule has 0 saturated carbocycles. The number of likely N-dealkylation sites (tertiary alicyclic amines) is 1. The molecular formula is C31H26N2O4. The van der Waals surface area contributed by atoms with Gasteiger partial charge in [0.05, 0.1) is 11.6 Å². The zero-order chi connectivity index (χ0) is 25.8. The summed E-state index contributed by atoms with van der Waals surface area (Å²) >= 11 is 0. The van der Waals surface area contributed by atoms with Crippen LogP contribution in [0, 0.1) is 6.92 Å². The molecular weight excluding hydrogens is 464 g/mol. The number of ketones is 1. The number of Topliss-reactive ketones (excluding diaryl/α,β-unsaturated/α-hetero) is 1. The van der Waals surface area contributed by atoms with Gasteiger partial charge in [0.25, 0.3) is 11.7 Å². The summed E-state index contributed by atoms with van der Waals surface area (Å²) in [7, 11) is 0. The van der Waals surface area contributed by atoms with Crippen molar-refractivity contribution in [3.63, 3.8) is 0 Å². The van der Waals surface area contributed by atoms with E-state index in [2.05, 4.69) is 4.98 Å². The van der Waals surface area contributed by atoms with Crippen LogP contribution in [0.5, 0.6) is 5.75 Å². The van der Waals surface area contributed by atoms with Gasteiger partial charge in [0.2, 0.25) is 0 Å². The van der Waals surface area contributed by atoms with E-state index >= 15 is 0 Å². The van der Waals surface area contributed by atoms with Gasteiger partial charge in [-0.2, -0.15) is 0 Å². The van der Waals surface area contributed by atoms with Crippen LogP contribution in [0.4, 0.5) is 0 Å². The lowest BCUT2D eigenvalue weighted by molar-refractivity contribution is -0.140. The van der Waals surface area contributed by atoms with Crippen molar-refractivity contribution in [2.24, 2.45) is 0 Å². The minimum Gasteiger partial charge on any atom is -0.507 e. The molecule has 1 aliphatic rings. The Morgan fingerprint density at radius 1 is 0.892 bits per heavy atom. The molecule has 0 radical (unpaired) electrons. The van der Waals surface area contributed by atoms with E-state index in [1.54, 1.807) is 36.7 Å². The van der Waals surface area contributed by atoms with Crippen molar-refractivity contribution in [3.05, 3.63) is 137 Å². The predicted molar refractivity (Wildman–Crippen MR) is 140 cm³/mol. The standard InChI is InChI=1S/C31H26N2O4/c1-21-10-12-24(13-11-21)29(34)27-28(33(31(36)30(27)35)19-22-14-16-32-17-15-22)25-8-5-9-26(18-25)37-20-23-6-3-2-4-7-23/h2-18,28,34H,19-20H2,1H3/b29-27+. The second kappa shape index (κ2) is 10.5. The molecule has 6 nitrogen and oxygen atoms in total. The molecule has 0 spiro atoms. The smallest absolute Gasteiger partial charge is 0.295 e. The fourth-order valence-electron chi connectivity index (χ4n) is 4.46. The van der Waals surface area contributed by atoms with Gasteiger partial charge in [0, 0.05) is 24.5 Å². The molecule has 6 heteroatoms. The quantitative estimate of drug-likeness (QED) is 0.208. The molecule has 1 aromatic heterocycles. The molecule has 1 amide bonds. The first-order valence-electron chi connectivity index (χ1n) is 12.0. The molecule has 1 aliphatic heterocycles. The predicted octanol–water partition coefficient (Wildman–Crippen LogP) is 5.59. The number of carbonyl (C=O) groups excluding carboxylic acids is 2. The summed E-state index contributed by atoms with van der Waals surface area (Å²) in [6.07, 6.45) is 3.29. The summed E-state index contributed by atoms with van der Waals surface area (Å²) in [5.74, 6) is -0.971. The van der Waals surface area contributed by atoms with Gasteiger partial charge in [0.15, 0.2) is 0 Å². The second-order valence-electron chi connectivity index (χ2n) is 9.00. The Morgan fingerprint density at radius 3 is 2.35 bits per heavy atom. The van der Waals surface area contributed by atoms with Crippen LogP contribution in [0.2, 0.25) is 0 Å². The fraction of sp³-hybridized carbons (Fsp3) is 0.129. The van der Waals surface area contributed by atoms with Crippen molar-refractivity contribution in [2.45, 2.75) is 26.1 Å². The molecule has 0 aliphatic carbocycles. The van der Waals surface area contributed by atoms with E-state index in [9.17, 15) is 14.7 Å². The van der Waals surface area contributed by atoms with Gasteiger partial charge in [-0.3, -0.25) is 14.6 Å². The van der Waals surface area contributed by atoms with Crippen molar-refractivity contribution < 1.29 is 19.4 Å². The van der Waals surface area contributed by atoms with E-state index < -0.39 is 17.7 Å². The number of aliphatic hydroxyl groups excluding tert-OH is 1. The zero-order valence-corrected chi connectivity index (χ0v) is 20.4. The maximum absolute atomic E-state index is 13.3. The van der Waals surface area contributed by atoms with Crippen LogP contribution in [0.3, 0.4) is 0 Å². The van der Waals surface area contributed by atoms with Gasteiger partial charge < -0.3 is 14.7 Å². The summed E-state index contributed by atoms with van der Waals surface area (Å²) in [6, 6.07) is 27.2. The molecule has 184 valence electrons. The summed E-state index contributed by atoms with van der Waals surface area (Å²) in [5.41, 5.74) is 4.09. The SMILES string of the molecule is Cc1ccc(/C(O)=C2\C(=O)C(=O)N(Cc3ccncc3)C2c2cccc(OCc3ccccc3)c2)cc1. The van der Waals surface area contributed by atoms with Gasteiger partial charge in [-0.15, -0.1) is 0 Å². The number of benzene rings is 3. The number of hydrogen-bond donors (Lipinski definition) is 1. The lowest BCUT2D eigenvalue weighted by atomic mass is 9.94. The van der Waals surface area contributed by atoms with Crippen molar-refractivity contribution in [3.8, 4) is 5.75 Å². The average molecular weight is 491 g/mol. The Balaban J connectivity index is 1.56. The Kier molecular flexibility index (Phi) is 6.81. The molecule has 4 aromatic rings. The third-order valence-electron chi connectivity index (χ3n) is 6.39. The first-order valence-corrected chi connectivity index (χ1v) is 12.0. The third-order valence-corrected chi connectivity index (χ3v) is 6.39.